The van der Waals surface area contributed by atoms with Gasteiger partial charge in [-0.25, -0.2) is 4.98 Å². The third kappa shape index (κ3) is 2.61. The number of hydrogen-bond acceptors (Lipinski definition) is 4. The van der Waals surface area contributed by atoms with Crippen LogP contribution in [0.2, 0.25) is 0 Å². The lowest BCUT2D eigenvalue weighted by molar-refractivity contribution is -0.123. The van der Waals surface area contributed by atoms with Gasteiger partial charge in [-0.15, -0.1) is 0 Å². The maximum atomic E-state index is 12.3. The maximum Gasteiger partial charge on any atom is 0.258 e. The van der Waals surface area contributed by atoms with Crippen LogP contribution in [0.5, 0.6) is 0 Å². The minimum absolute atomic E-state index is 0.0918. The molecule has 0 saturated carbocycles. The van der Waals surface area contributed by atoms with Crippen LogP contribution in [0.1, 0.15) is 10.4 Å². The molecule has 0 radical (unpaired) electrons. The monoisotopic (exact) mass is 312 g/mol. The second-order valence-electron chi connectivity index (χ2n) is 3.88. The largest absolute Gasteiger partial charge is 0.372 e. The Hall–Kier alpha value is -1.63. The number of nitrogens with one attached hydrogen (secondary N) is 2. The zero-order valence-corrected chi connectivity index (χ0v) is 11.5. The van der Waals surface area contributed by atoms with E-state index in [0.29, 0.717) is 24.5 Å². The van der Waals surface area contributed by atoms with Crippen molar-refractivity contribution >= 4 is 33.6 Å². The molecule has 6 nitrogen and oxygen atoms in total. The van der Waals surface area contributed by atoms with Crippen molar-refractivity contribution < 1.29 is 9.59 Å². The van der Waals surface area contributed by atoms with Crippen LogP contribution >= 0.6 is 15.9 Å². The van der Waals surface area contributed by atoms with Crippen LogP contribution in [0.15, 0.2) is 16.7 Å². The van der Waals surface area contributed by atoms with Gasteiger partial charge in [-0.3, -0.25) is 9.59 Å². The average molecular weight is 313 g/mol. The summed E-state index contributed by atoms with van der Waals surface area (Å²) in [5, 5.41) is 5.56. The standard InChI is InChI=1S/C11H13BrN4O2/c1-13-10-8(4-7(12)5-15-10)11(18)16-3-2-14-9(17)6-16/h4-5H,2-3,6H2,1H3,(H,13,15)(H,14,17). The number of rotatable bonds is 2. The summed E-state index contributed by atoms with van der Waals surface area (Å²) in [5.74, 6) is 0.181. The quantitative estimate of drug-likeness (QED) is 0.832. The number of piperazine rings is 1. The van der Waals surface area contributed by atoms with Gasteiger partial charge in [-0.05, 0) is 22.0 Å². The van der Waals surface area contributed by atoms with Crippen molar-refractivity contribution in [2.24, 2.45) is 0 Å². The van der Waals surface area contributed by atoms with E-state index < -0.39 is 0 Å². The van der Waals surface area contributed by atoms with Crippen LogP contribution in [0, 0.1) is 0 Å². The summed E-state index contributed by atoms with van der Waals surface area (Å²) >= 11 is 3.29. The molecule has 7 heteroatoms. The minimum Gasteiger partial charge on any atom is -0.372 e. The van der Waals surface area contributed by atoms with Gasteiger partial charge in [0.25, 0.3) is 5.91 Å². The van der Waals surface area contributed by atoms with E-state index in [9.17, 15) is 9.59 Å². The minimum atomic E-state index is -0.192. The first-order valence-electron chi connectivity index (χ1n) is 5.51. The highest BCUT2D eigenvalue weighted by Gasteiger charge is 2.24. The van der Waals surface area contributed by atoms with Crippen LogP contribution in [-0.2, 0) is 4.79 Å². The number of carbonyl (C=O) groups is 2. The normalized spacial score (nSPS) is 15.2. The van der Waals surface area contributed by atoms with Gasteiger partial charge in [0.2, 0.25) is 5.91 Å². The van der Waals surface area contributed by atoms with Crippen LogP contribution in [-0.4, -0.2) is 48.4 Å². The molecule has 1 aromatic heterocycles. The Morgan fingerprint density at radius 3 is 3.06 bits per heavy atom. The summed E-state index contributed by atoms with van der Waals surface area (Å²) in [6, 6.07) is 1.70. The van der Waals surface area contributed by atoms with Crippen LogP contribution in [0.3, 0.4) is 0 Å². The molecule has 1 aliphatic rings. The molecule has 0 spiro atoms. The molecule has 96 valence electrons. The number of halogens is 1. The Morgan fingerprint density at radius 2 is 2.39 bits per heavy atom. The van der Waals surface area contributed by atoms with E-state index >= 15 is 0 Å². The number of anilines is 1. The number of nitrogens with zero attached hydrogens (tertiary/aromatic N) is 2. The van der Waals surface area contributed by atoms with E-state index in [-0.39, 0.29) is 18.4 Å². The highest BCUT2D eigenvalue weighted by atomic mass is 79.9. The lowest BCUT2D eigenvalue weighted by Gasteiger charge is -2.27. The first-order chi connectivity index (χ1) is 8.61. The van der Waals surface area contributed by atoms with E-state index in [0.717, 1.165) is 4.47 Å². The molecule has 1 aromatic rings. The van der Waals surface area contributed by atoms with E-state index in [1.807, 2.05) is 0 Å². The molecule has 1 saturated heterocycles. The second kappa shape index (κ2) is 5.34. The molecular formula is C11H13BrN4O2. The molecule has 18 heavy (non-hydrogen) atoms. The Labute approximate surface area is 113 Å². The second-order valence-corrected chi connectivity index (χ2v) is 4.79. The van der Waals surface area contributed by atoms with Gasteiger partial charge in [0.15, 0.2) is 0 Å². The number of carbonyl (C=O) groups excluding carboxylic acids is 2. The smallest absolute Gasteiger partial charge is 0.258 e. The molecule has 0 atom stereocenters. The van der Waals surface area contributed by atoms with Gasteiger partial charge >= 0.3 is 0 Å². The molecule has 0 bridgehead atoms. The molecule has 2 heterocycles. The predicted octanol–water partition coefficient (Wildman–Crippen LogP) is 0.458. The van der Waals surface area contributed by atoms with Crippen LogP contribution in [0.25, 0.3) is 0 Å². The molecule has 2 amide bonds. The summed E-state index contributed by atoms with van der Waals surface area (Å²) in [4.78, 5) is 29.3. The van der Waals surface area contributed by atoms with Crippen LogP contribution < -0.4 is 10.6 Å². The molecule has 2 rings (SSSR count). The Balaban J connectivity index is 2.27. The van der Waals surface area contributed by atoms with Crippen molar-refractivity contribution in [3.8, 4) is 0 Å². The van der Waals surface area contributed by atoms with Gasteiger partial charge in [-0.1, -0.05) is 0 Å². The van der Waals surface area contributed by atoms with Gasteiger partial charge < -0.3 is 15.5 Å². The summed E-state index contributed by atoms with van der Waals surface area (Å²) in [6.45, 7) is 1.09. The van der Waals surface area contributed by atoms with Gasteiger partial charge in [0.1, 0.15) is 5.82 Å². The topological polar surface area (TPSA) is 74.3 Å². The van der Waals surface area contributed by atoms with Gasteiger partial charge in [0, 0.05) is 30.8 Å². The zero-order chi connectivity index (χ0) is 13.1. The predicted molar refractivity (Wildman–Crippen MR) is 70.4 cm³/mol. The number of amides is 2. The van der Waals surface area contributed by atoms with E-state index in [4.69, 9.17) is 0 Å². The fourth-order valence-electron chi connectivity index (χ4n) is 1.78. The van der Waals surface area contributed by atoms with Gasteiger partial charge in [-0.2, -0.15) is 0 Å². The van der Waals surface area contributed by atoms with Gasteiger partial charge in [0.05, 0.1) is 12.1 Å². The third-order valence-electron chi connectivity index (χ3n) is 2.65. The number of hydrogen-bond donors (Lipinski definition) is 2. The highest BCUT2D eigenvalue weighted by molar-refractivity contribution is 9.10. The third-order valence-corrected chi connectivity index (χ3v) is 3.08. The Bertz CT molecular complexity index is 492. The van der Waals surface area contributed by atoms with E-state index in [1.54, 1.807) is 19.3 Å². The van der Waals surface area contributed by atoms with Crippen molar-refractivity contribution in [3.63, 3.8) is 0 Å². The summed E-state index contributed by atoms with van der Waals surface area (Å²) in [7, 11) is 1.70. The summed E-state index contributed by atoms with van der Waals surface area (Å²) in [5.41, 5.74) is 0.460. The van der Waals surface area contributed by atoms with Crippen molar-refractivity contribution in [1.82, 2.24) is 15.2 Å². The van der Waals surface area contributed by atoms with Crippen molar-refractivity contribution in [1.29, 1.82) is 0 Å². The lowest BCUT2D eigenvalue weighted by Crippen LogP contribution is -2.50. The fourth-order valence-corrected chi connectivity index (χ4v) is 2.12. The molecule has 1 aliphatic heterocycles. The van der Waals surface area contributed by atoms with E-state index in [1.165, 1.54) is 4.90 Å². The van der Waals surface area contributed by atoms with Crippen molar-refractivity contribution in [2.45, 2.75) is 0 Å². The fraction of sp³-hybridized carbons (Fsp3) is 0.364. The Kier molecular flexibility index (Phi) is 3.81. The molecule has 0 aromatic carbocycles. The summed E-state index contributed by atoms with van der Waals surface area (Å²) in [6.07, 6.45) is 1.62. The zero-order valence-electron chi connectivity index (χ0n) is 9.86. The number of pyridine rings is 1. The molecular weight excluding hydrogens is 300 g/mol. The molecule has 2 N–H and O–H groups in total. The number of aromatic nitrogens is 1. The first-order valence-corrected chi connectivity index (χ1v) is 6.30. The van der Waals surface area contributed by atoms with E-state index in [2.05, 4.69) is 31.5 Å². The summed E-state index contributed by atoms with van der Waals surface area (Å²) < 4.78 is 0.728. The molecule has 0 unspecified atom stereocenters. The lowest BCUT2D eigenvalue weighted by atomic mass is 10.2. The molecule has 1 fully saturated rings. The molecule has 0 aliphatic carbocycles. The van der Waals surface area contributed by atoms with Crippen molar-refractivity contribution in [2.75, 3.05) is 32.0 Å². The van der Waals surface area contributed by atoms with Crippen LogP contribution in [0.4, 0.5) is 5.82 Å². The maximum absolute atomic E-state index is 12.3. The Morgan fingerprint density at radius 1 is 1.61 bits per heavy atom. The highest BCUT2D eigenvalue weighted by Crippen LogP contribution is 2.19. The SMILES string of the molecule is CNc1ncc(Br)cc1C(=O)N1CCNC(=O)C1. The average Bonchev–Trinajstić information content (AvgIpc) is 2.38. The first kappa shape index (κ1) is 12.8. The van der Waals surface area contributed by atoms with Crippen molar-refractivity contribution in [3.05, 3.63) is 22.3 Å².